The van der Waals surface area contributed by atoms with Crippen molar-refractivity contribution in [3.63, 3.8) is 0 Å². The van der Waals surface area contributed by atoms with Gasteiger partial charge in [0, 0.05) is 25.5 Å². The summed E-state index contributed by atoms with van der Waals surface area (Å²) >= 11 is 0. The van der Waals surface area contributed by atoms with Crippen molar-refractivity contribution in [2.24, 2.45) is 5.92 Å². The third kappa shape index (κ3) is 6.09. The van der Waals surface area contributed by atoms with Gasteiger partial charge in [-0.05, 0) is 42.7 Å². The van der Waals surface area contributed by atoms with Crippen LogP contribution in [0.25, 0.3) is 0 Å². The Hall–Kier alpha value is -2.89. The summed E-state index contributed by atoms with van der Waals surface area (Å²) in [6.07, 6.45) is 3.38. The molecule has 0 bridgehead atoms. The van der Waals surface area contributed by atoms with Crippen LogP contribution in [0.1, 0.15) is 23.6 Å². The van der Waals surface area contributed by atoms with Crippen LogP contribution in [0.3, 0.4) is 0 Å². The maximum Gasteiger partial charge on any atom is 0.310 e. The zero-order valence-electron chi connectivity index (χ0n) is 16.3. The summed E-state index contributed by atoms with van der Waals surface area (Å²) in [5.74, 6) is -0.299. The molecule has 6 heteroatoms. The van der Waals surface area contributed by atoms with Crippen LogP contribution in [0.15, 0.2) is 42.7 Å². The number of rotatable bonds is 8. The van der Waals surface area contributed by atoms with E-state index in [9.17, 15) is 9.59 Å². The lowest BCUT2D eigenvalue weighted by Crippen LogP contribution is -2.39. The van der Waals surface area contributed by atoms with Crippen LogP contribution in [0.2, 0.25) is 0 Å². The molecule has 1 unspecified atom stereocenters. The van der Waals surface area contributed by atoms with Crippen molar-refractivity contribution in [3.05, 3.63) is 59.4 Å². The van der Waals surface area contributed by atoms with E-state index in [2.05, 4.69) is 4.98 Å². The van der Waals surface area contributed by atoms with E-state index in [1.54, 1.807) is 24.2 Å². The molecule has 1 atom stereocenters. The van der Waals surface area contributed by atoms with Gasteiger partial charge in [-0.2, -0.15) is 0 Å². The third-order valence-corrected chi connectivity index (χ3v) is 4.24. The summed E-state index contributed by atoms with van der Waals surface area (Å²) in [7, 11) is 1.34. The summed E-state index contributed by atoms with van der Waals surface area (Å²) < 4.78 is 10.5. The van der Waals surface area contributed by atoms with E-state index in [0.29, 0.717) is 12.3 Å². The summed E-state index contributed by atoms with van der Waals surface area (Å²) in [5, 5.41) is 0. The molecule has 6 nitrogen and oxygen atoms in total. The Morgan fingerprint density at radius 1 is 1.22 bits per heavy atom. The quantitative estimate of drug-likeness (QED) is 0.668. The van der Waals surface area contributed by atoms with Crippen molar-refractivity contribution in [1.82, 2.24) is 9.88 Å². The summed E-state index contributed by atoms with van der Waals surface area (Å²) in [4.78, 5) is 30.3. The van der Waals surface area contributed by atoms with Gasteiger partial charge in [0.2, 0.25) is 0 Å². The van der Waals surface area contributed by atoms with Crippen LogP contribution in [0.4, 0.5) is 0 Å². The number of aryl methyl sites for hydroxylation is 2. The summed E-state index contributed by atoms with van der Waals surface area (Å²) in [6, 6.07) is 9.57. The van der Waals surface area contributed by atoms with Gasteiger partial charge in [0.25, 0.3) is 5.91 Å². The van der Waals surface area contributed by atoms with Crippen LogP contribution in [0.5, 0.6) is 5.75 Å². The zero-order valence-corrected chi connectivity index (χ0v) is 16.3. The highest BCUT2D eigenvalue weighted by molar-refractivity contribution is 5.79. The Morgan fingerprint density at radius 3 is 2.67 bits per heavy atom. The molecule has 2 aromatic rings. The van der Waals surface area contributed by atoms with Gasteiger partial charge in [0.1, 0.15) is 5.75 Å². The predicted octanol–water partition coefficient (Wildman–Crippen LogP) is 2.92. The molecule has 0 N–H and O–H groups in total. The highest BCUT2D eigenvalue weighted by Crippen LogP contribution is 2.19. The second-order valence-electron chi connectivity index (χ2n) is 6.62. The molecule has 0 aliphatic heterocycles. The summed E-state index contributed by atoms with van der Waals surface area (Å²) in [6.45, 7) is 6.15. The van der Waals surface area contributed by atoms with Crippen LogP contribution >= 0.6 is 0 Å². The van der Waals surface area contributed by atoms with E-state index >= 15 is 0 Å². The molecule has 0 saturated heterocycles. The number of hydrogen-bond acceptors (Lipinski definition) is 5. The molecule has 2 rings (SSSR count). The highest BCUT2D eigenvalue weighted by Gasteiger charge is 2.22. The number of esters is 1. The number of pyridine rings is 1. The lowest BCUT2D eigenvalue weighted by atomic mass is 10.1. The van der Waals surface area contributed by atoms with Crippen LogP contribution in [-0.4, -0.2) is 42.0 Å². The standard InChI is InChI=1S/C21H26N2O4/c1-15-7-8-16(2)19(10-15)27-14-20(24)23(12-17(3)21(25)26-4)13-18-6-5-9-22-11-18/h5-11,17H,12-14H2,1-4H3. The fourth-order valence-corrected chi connectivity index (χ4v) is 2.67. The fraction of sp³-hybridized carbons (Fsp3) is 0.381. The van der Waals surface area contributed by atoms with Crippen LogP contribution in [0, 0.1) is 19.8 Å². The number of ether oxygens (including phenoxy) is 2. The predicted molar refractivity (Wildman–Crippen MR) is 102 cm³/mol. The van der Waals surface area contributed by atoms with Crippen molar-refractivity contribution < 1.29 is 19.1 Å². The Bertz CT molecular complexity index is 777. The lowest BCUT2D eigenvalue weighted by Gasteiger charge is -2.25. The number of amides is 1. The molecule has 0 aliphatic rings. The van der Waals surface area contributed by atoms with Gasteiger partial charge in [-0.25, -0.2) is 0 Å². The van der Waals surface area contributed by atoms with E-state index < -0.39 is 5.92 Å². The minimum Gasteiger partial charge on any atom is -0.483 e. The average Bonchev–Trinajstić information content (AvgIpc) is 2.67. The first-order valence-electron chi connectivity index (χ1n) is 8.85. The van der Waals surface area contributed by atoms with Crippen molar-refractivity contribution in [2.45, 2.75) is 27.3 Å². The number of nitrogens with zero attached hydrogens (tertiary/aromatic N) is 2. The second-order valence-corrected chi connectivity index (χ2v) is 6.62. The van der Waals surface area contributed by atoms with Crippen molar-refractivity contribution in [3.8, 4) is 5.75 Å². The van der Waals surface area contributed by atoms with Crippen molar-refractivity contribution in [1.29, 1.82) is 0 Å². The van der Waals surface area contributed by atoms with E-state index in [1.807, 2.05) is 44.2 Å². The number of aromatic nitrogens is 1. The normalized spacial score (nSPS) is 11.6. The Labute approximate surface area is 160 Å². The fourth-order valence-electron chi connectivity index (χ4n) is 2.67. The molecule has 1 aromatic heterocycles. The largest absolute Gasteiger partial charge is 0.483 e. The molecule has 0 spiro atoms. The van der Waals surface area contributed by atoms with Crippen molar-refractivity contribution in [2.75, 3.05) is 20.3 Å². The second kappa shape index (κ2) is 9.71. The maximum absolute atomic E-state index is 12.8. The van der Waals surface area contributed by atoms with Gasteiger partial charge in [-0.1, -0.05) is 25.1 Å². The first kappa shape index (κ1) is 20.4. The number of carbonyl (C=O) groups excluding carboxylic acids is 2. The minimum absolute atomic E-state index is 0.0988. The highest BCUT2D eigenvalue weighted by atomic mass is 16.5. The summed E-state index contributed by atoms with van der Waals surface area (Å²) in [5.41, 5.74) is 2.92. The molecule has 1 amide bonds. The molecule has 27 heavy (non-hydrogen) atoms. The molecule has 0 saturated carbocycles. The van der Waals surface area contributed by atoms with Gasteiger partial charge in [-0.3, -0.25) is 14.6 Å². The molecule has 1 heterocycles. The molecule has 0 fully saturated rings. The molecule has 144 valence electrons. The van der Waals surface area contributed by atoms with E-state index in [1.165, 1.54) is 7.11 Å². The van der Waals surface area contributed by atoms with E-state index in [-0.39, 0.29) is 25.0 Å². The Kier molecular flexibility index (Phi) is 7.34. The molecular formula is C21H26N2O4. The van der Waals surface area contributed by atoms with E-state index in [0.717, 1.165) is 16.7 Å². The maximum atomic E-state index is 12.8. The Balaban J connectivity index is 2.09. The SMILES string of the molecule is COC(=O)C(C)CN(Cc1cccnc1)C(=O)COc1cc(C)ccc1C. The number of benzene rings is 1. The van der Waals surface area contributed by atoms with Gasteiger partial charge >= 0.3 is 5.97 Å². The Morgan fingerprint density at radius 2 is 2.00 bits per heavy atom. The smallest absolute Gasteiger partial charge is 0.310 e. The first-order chi connectivity index (χ1) is 12.9. The third-order valence-electron chi connectivity index (χ3n) is 4.24. The average molecular weight is 370 g/mol. The van der Waals surface area contributed by atoms with Gasteiger partial charge in [-0.15, -0.1) is 0 Å². The monoisotopic (exact) mass is 370 g/mol. The first-order valence-corrected chi connectivity index (χ1v) is 8.85. The number of carbonyl (C=O) groups is 2. The molecule has 0 aliphatic carbocycles. The van der Waals surface area contributed by atoms with Gasteiger partial charge in [0.15, 0.2) is 6.61 Å². The zero-order chi connectivity index (χ0) is 19.8. The lowest BCUT2D eigenvalue weighted by molar-refractivity contribution is -0.147. The molecule has 1 aromatic carbocycles. The minimum atomic E-state index is -0.434. The topological polar surface area (TPSA) is 68.7 Å². The number of hydrogen-bond donors (Lipinski definition) is 0. The molecular weight excluding hydrogens is 344 g/mol. The molecule has 0 radical (unpaired) electrons. The van der Waals surface area contributed by atoms with Gasteiger partial charge in [0.05, 0.1) is 13.0 Å². The van der Waals surface area contributed by atoms with Crippen LogP contribution in [-0.2, 0) is 20.9 Å². The number of methoxy groups -OCH3 is 1. The van der Waals surface area contributed by atoms with Crippen molar-refractivity contribution >= 4 is 11.9 Å². The van der Waals surface area contributed by atoms with Crippen LogP contribution < -0.4 is 4.74 Å². The van der Waals surface area contributed by atoms with E-state index in [4.69, 9.17) is 9.47 Å². The van der Waals surface area contributed by atoms with Gasteiger partial charge < -0.3 is 14.4 Å².